The second-order valence-electron chi connectivity index (χ2n) is 4.67. The number of carboxylic acid groups (broad SMARTS) is 1. The average Bonchev–Trinajstić information content (AvgIpc) is 2.87. The number of rotatable bonds is 3. The summed E-state index contributed by atoms with van der Waals surface area (Å²) >= 11 is 5.84. The zero-order valence-electron chi connectivity index (χ0n) is 10.8. The minimum absolute atomic E-state index is 0.368. The summed E-state index contributed by atoms with van der Waals surface area (Å²) in [6.45, 7) is -0.448. The molecular formula is C13H11ClN4O3. The van der Waals surface area contributed by atoms with Crippen LogP contribution in [0.15, 0.2) is 34.5 Å². The van der Waals surface area contributed by atoms with E-state index in [2.05, 4.69) is 10.2 Å². The molecule has 108 valence electrons. The van der Waals surface area contributed by atoms with E-state index in [1.807, 2.05) is 12.1 Å². The molecule has 2 heterocycles. The van der Waals surface area contributed by atoms with Crippen LogP contribution in [-0.4, -0.2) is 51.6 Å². The molecule has 1 unspecified atom stereocenters. The van der Waals surface area contributed by atoms with Gasteiger partial charge in [0.1, 0.15) is 18.9 Å². The molecular weight excluding hydrogens is 296 g/mol. The second-order valence-corrected chi connectivity index (χ2v) is 5.11. The van der Waals surface area contributed by atoms with E-state index in [0.717, 1.165) is 16.3 Å². The van der Waals surface area contributed by atoms with Crippen LogP contribution in [0.4, 0.5) is 0 Å². The van der Waals surface area contributed by atoms with Gasteiger partial charge in [0, 0.05) is 11.4 Å². The first-order chi connectivity index (χ1) is 10.0. The summed E-state index contributed by atoms with van der Waals surface area (Å²) < 4.78 is 0. The molecule has 0 aromatic heterocycles. The number of nitrogens with zero attached hydrogens (tertiary/aromatic N) is 4. The zero-order chi connectivity index (χ0) is 15.0. The molecule has 0 fully saturated rings. The number of hydrogen-bond donors (Lipinski definition) is 1. The third-order valence-corrected chi connectivity index (χ3v) is 3.51. The topological polar surface area (TPSA) is 85.6 Å². The van der Waals surface area contributed by atoms with Crippen LogP contribution in [0.2, 0.25) is 5.02 Å². The Morgan fingerprint density at radius 1 is 1.38 bits per heavy atom. The normalized spacial score (nSPS) is 20.5. The zero-order valence-corrected chi connectivity index (χ0v) is 11.6. The Kier molecular flexibility index (Phi) is 3.34. The van der Waals surface area contributed by atoms with Crippen LogP contribution in [0.5, 0.6) is 0 Å². The van der Waals surface area contributed by atoms with Crippen molar-refractivity contribution >= 4 is 35.5 Å². The number of carbonyl (C=O) groups is 2. The maximum atomic E-state index is 12.2. The van der Waals surface area contributed by atoms with Crippen LogP contribution in [0.1, 0.15) is 12.0 Å². The quantitative estimate of drug-likeness (QED) is 0.902. The van der Waals surface area contributed by atoms with Gasteiger partial charge in [0.25, 0.3) is 5.91 Å². The van der Waals surface area contributed by atoms with E-state index >= 15 is 0 Å². The number of aliphatic carboxylic acids is 1. The van der Waals surface area contributed by atoms with Crippen molar-refractivity contribution in [1.82, 2.24) is 10.0 Å². The van der Waals surface area contributed by atoms with Crippen molar-refractivity contribution in [3.63, 3.8) is 0 Å². The van der Waals surface area contributed by atoms with E-state index in [9.17, 15) is 9.59 Å². The van der Waals surface area contributed by atoms with Gasteiger partial charge in [-0.05, 0) is 17.7 Å². The Morgan fingerprint density at radius 2 is 2.10 bits per heavy atom. The van der Waals surface area contributed by atoms with Crippen LogP contribution in [0.25, 0.3) is 0 Å². The van der Waals surface area contributed by atoms with E-state index in [1.54, 1.807) is 12.1 Å². The van der Waals surface area contributed by atoms with Crippen molar-refractivity contribution in [1.29, 1.82) is 0 Å². The second kappa shape index (κ2) is 5.17. The van der Waals surface area contributed by atoms with Crippen molar-refractivity contribution in [3.05, 3.63) is 34.9 Å². The Hall–Kier alpha value is -2.41. The van der Waals surface area contributed by atoms with E-state index < -0.39 is 18.6 Å². The van der Waals surface area contributed by atoms with Gasteiger partial charge in [0.2, 0.25) is 0 Å². The number of benzene rings is 1. The molecule has 0 saturated heterocycles. The van der Waals surface area contributed by atoms with E-state index in [1.165, 1.54) is 11.3 Å². The van der Waals surface area contributed by atoms with Crippen LogP contribution in [-0.2, 0) is 9.59 Å². The highest BCUT2D eigenvalue weighted by Gasteiger charge is 2.38. The minimum Gasteiger partial charge on any atom is -0.480 e. The third-order valence-electron chi connectivity index (χ3n) is 3.25. The lowest BCUT2D eigenvalue weighted by Crippen LogP contribution is -2.48. The largest absolute Gasteiger partial charge is 0.480 e. The van der Waals surface area contributed by atoms with Gasteiger partial charge < -0.3 is 5.11 Å². The van der Waals surface area contributed by atoms with Gasteiger partial charge in [-0.2, -0.15) is 10.2 Å². The van der Waals surface area contributed by atoms with Gasteiger partial charge in [-0.1, -0.05) is 23.7 Å². The van der Waals surface area contributed by atoms with Gasteiger partial charge in [0.15, 0.2) is 0 Å². The van der Waals surface area contributed by atoms with Crippen molar-refractivity contribution < 1.29 is 14.7 Å². The highest BCUT2D eigenvalue weighted by molar-refractivity contribution is 6.30. The first-order valence-electron chi connectivity index (χ1n) is 6.23. The molecule has 21 heavy (non-hydrogen) atoms. The summed E-state index contributed by atoms with van der Waals surface area (Å²) in [5.41, 5.74) is 1.62. The molecule has 1 aromatic carbocycles. The number of halogens is 1. The molecule has 7 nitrogen and oxygen atoms in total. The fourth-order valence-corrected chi connectivity index (χ4v) is 2.37. The van der Waals surface area contributed by atoms with Crippen molar-refractivity contribution in [2.75, 3.05) is 6.54 Å². The highest BCUT2D eigenvalue weighted by atomic mass is 35.5. The molecule has 0 spiro atoms. The molecule has 1 amide bonds. The third kappa shape index (κ3) is 2.59. The number of hydrazone groups is 2. The Bertz CT molecular complexity index is 656. The minimum atomic E-state index is -1.11. The summed E-state index contributed by atoms with van der Waals surface area (Å²) in [6.07, 6.45) is 1.78. The molecule has 0 aliphatic carbocycles. The predicted molar refractivity (Wildman–Crippen MR) is 76.1 cm³/mol. The van der Waals surface area contributed by atoms with Crippen molar-refractivity contribution in [3.8, 4) is 0 Å². The Balaban J connectivity index is 1.79. The van der Waals surface area contributed by atoms with E-state index in [-0.39, 0.29) is 5.91 Å². The number of carbonyl (C=O) groups excluding carboxylic acids is 1. The summed E-state index contributed by atoms with van der Waals surface area (Å²) in [5, 5.41) is 19.9. The van der Waals surface area contributed by atoms with E-state index in [4.69, 9.17) is 16.7 Å². The average molecular weight is 307 g/mol. The summed E-state index contributed by atoms with van der Waals surface area (Å²) in [6, 6.07) is 6.63. The van der Waals surface area contributed by atoms with Crippen LogP contribution in [0.3, 0.4) is 0 Å². The maximum absolute atomic E-state index is 12.2. The number of amides is 1. The lowest BCUT2D eigenvalue weighted by Gasteiger charge is -2.27. The number of fused-ring (bicyclic) bond motifs is 1. The number of hydrogen-bond acceptors (Lipinski definition) is 5. The van der Waals surface area contributed by atoms with Gasteiger partial charge in [-0.25, -0.2) is 10.0 Å². The van der Waals surface area contributed by atoms with Crippen LogP contribution in [0, 0.1) is 0 Å². The fraction of sp³-hybridized carbons (Fsp3) is 0.231. The molecule has 0 saturated carbocycles. The lowest BCUT2D eigenvalue weighted by atomic mass is 10.0. The summed E-state index contributed by atoms with van der Waals surface area (Å²) in [4.78, 5) is 22.9. The molecule has 8 heteroatoms. The smallest absolute Gasteiger partial charge is 0.325 e. The monoisotopic (exact) mass is 306 g/mol. The Labute approximate surface area is 125 Å². The highest BCUT2D eigenvalue weighted by Crippen LogP contribution is 2.24. The molecule has 1 atom stereocenters. The standard InChI is InChI=1S/C13H11ClN4O3/c14-9-3-1-8(2-4-9)10-5-11-13(21)17(6-12(19)20)15-7-18(11)16-10/h1-4,7,11H,5-6H2,(H,19,20). The molecule has 1 N–H and O–H groups in total. The van der Waals surface area contributed by atoms with Crippen molar-refractivity contribution in [2.45, 2.75) is 12.5 Å². The van der Waals surface area contributed by atoms with Crippen molar-refractivity contribution in [2.24, 2.45) is 10.2 Å². The lowest BCUT2D eigenvalue weighted by molar-refractivity contribution is -0.146. The Morgan fingerprint density at radius 3 is 2.76 bits per heavy atom. The van der Waals surface area contributed by atoms with Crippen LogP contribution >= 0.6 is 11.6 Å². The van der Waals surface area contributed by atoms with Gasteiger partial charge in [0.05, 0.1) is 5.71 Å². The maximum Gasteiger partial charge on any atom is 0.325 e. The fourth-order valence-electron chi connectivity index (χ4n) is 2.24. The van der Waals surface area contributed by atoms with E-state index in [0.29, 0.717) is 11.4 Å². The van der Waals surface area contributed by atoms with Gasteiger partial charge in [-0.15, -0.1) is 0 Å². The predicted octanol–water partition coefficient (Wildman–Crippen LogP) is 0.988. The van der Waals surface area contributed by atoms with Gasteiger partial charge in [-0.3, -0.25) is 9.59 Å². The molecule has 2 aliphatic rings. The summed E-state index contributed by atoms with van der Waals surface area (Å²) in [5.74, 6) is -1.47. The number of carboxylic acids is 1. The SMILES string of the molecule is O=C(O)CN1N=CN2N=C(c3ccc(Cl)cc3)CC2C1=O. The van der Waals surface area contributed by atoms with Gasteiger partial charge >= 0.3 is 5.97 Å². The molecule has 0 bridgehead atoms. The first-order valence-corrected chi connectivity index (χ1v) is 6.61. The summed E-state index contributed by atoms with van der Waals surface area (Å²) in [7, 11) is 0. The molecule has 2 aliphatic heterocycles. The molecule has 0 radical (unpaired) electrons. The first kappa shape index (κ1) is 13.6. The molecule has 1 aromatic rings. The van der Waals surface area contributed by atoms with Crippen LogP contribution < -0.4 is 0 Å². The molecule has 3 rings (SSSR count).